The minimum Gasteiger partial charge on any atom is -0.311 e. The number of rotatable bonds is 8. The smallest absolute Gasteiger partial charge is 0.0540 e. The van der Waals surface area contributed by atoms with E-state index in [1.165, 1.54) is 92.6 Å². The molecule has 5 aromatic carbocycles. The van der Waals surface area contributed by atoms with Gasteiger partial charge in [0.25, 0.3) is 0 Å². The Bertz CT molecular complexity index is 2010. The summed E-state index contributed by atoms with van der Waals surface area (Å²) in [4.78, 5) is 2.24. The molecular formula is C44H43N. The van der Waals surface area contributed by atoms with E-state index in [1.807, 2.05) is 6.92 Å². The van der Waals surface area contributed by atoms with Gasteiger partial charge in [0.05, 0.1) is 5.69 Å². The second-order valence-corrected chi connectivity index (χ2v) is 12.8. The van der Waals surface area contributed by atoms with Crippen molar-refractivity contribution in [1.29, 1.82) is 0 Å². The van der Waals surface area contributed by atoms with E-state index in [-0.39, 0.29) is 0 Å². The number of nitrogens with zero attached hydrogens (tertiary/aromatic N) is 1. The Morgan fingerprint density at radius 3 is 2.16 bits per heavy atom. The maximum atomic E-state index is 4.55. The molecule has 5 aromatic rings. The molecule has 224 valence electrons. The highest BCUT2D eigenvalue weighted by atomic mass is 15.1. The van der Waals surface area contributed by atoms with Crippen LogP contribution >= 0.6 is 0 Å². The standard InChI is InChI=1S/C44H43N/c1-6-17-30(4)45(31(5)28-29(3)7-2)39-27-26-38-42-36(39)24-16-25-37(42)43-40(32-18-10-8-11-19-32)34-22-14-15-23-35(34)41(44(38)43)33-20-12-9-13-21-33/h6,8,10-11,14-19,22-28,33H,4-5,7,9,12-13,20-21H2,1-3H3/b17-6-,29-28+. The molecule has 0 unspecified atom stereocenters. The molecule has 7 rings (SSSR count). The number of hydrogen-bond acceptors (Lipinski definition) is 1. The van der Waals surface area contributed by atoms with Gasteiger partial charge in [-0.2, -0.15) is 0 Å². The lowest BCUT2D eigenvalue weighted by molar-refractivity contribution is 0.446. The molecule has 2 aliphatic rings. The molecule has 0 bridgehead atoms. The summed E-state index contributed by atoms with van der Waals surface area (Å²) in [5.41, 5.74) is 14.0. The molecule has 0 heterocycles. The first-order valence-corrected chi connectivity index (χ1v) is 16.7. The number of benzene rings is 5. The zero-order chi connectivity index (χ0) is 31.1. The van der Waals surface area contributed by atoms with Crippen LogP contribution in [-0.4, -0.2) is 0 Å². The topological polar surface area (TPSA) is 3.24 Å². The van der Waals surface area contributed by atoms with E-state index in [4.69, 9.17) is 0 Å². The first-order chi connectivity index (χ1) is 22.0. The van der Waals surface area contributed by atoms with Crippen LogP contribution in [0.15, 0.2) is 133 Å². The maximum absolute atomic E-state index is 4.55. The molecule has 45 heavy (non-hydrogen) atoms. The van der Waals surface area contributed by atoms with Crippen molar-refractivity contribution in [2.75, 3.05) is 4.90 Å². The number of allylic oxidation sites excluding steroid dienone is 4. The fourth-order valence-corrected chi connectivity index (χ4v) is 7.95. The third-order valence-corrected chi connectivity index (χ3v) is 10.0. The van der Waals surface area contributed by atoms with Crippen molar-refractivity contribution in [3.63, 3.8) is 0 Å². The predicted octanol–water partition coefficient (Wildman–Crippen LogP) is 13.1. The van der Waals surface area contributed by atoms with Crippen LogP contribution in [0.1, 0.15) is 70.8 Å². The molecule has 1 heteroatoms. The normalized spacial score (nSPS) is 14.8. The first kappa shape index (κ1) is 29.1. The largest absolute Gasteiger partial charge is 0.311 e. The summed E-state index contributed by atoms with van der Waals surface area (Å²) in [5, 5.41) is 5.37. The number of anilines is 1. The predicted molar refractivity (Wildman–Crippen MR) is 197 cm³/mol. The Hall–Kier alpha value is -4.62. The van der Waals surface area contributed by atoms with Crippen LogP contribution in [0.4, 0.5) is 5.69 Å². The third-order valence-electron chi connectivity index (χ3n) is 10.0. The van der Waals surface area contributed by atoms with Crippen LogP contribution in [0.5, 0.6) is 0 Å². The molecule has 0 atom stereocenters. The SMILES string of the molecule is C=C(/C=C\C)N(C(=C)/C=C(\C)CC)c1ccc2c3c(cccc13)-c1c-2c(C2CCCCC2)c2ccccc2c1-c1ccccc1. The average Bonchev–Trinajstić information content (AvgIpc) is 3.40. The van der Waals surface area contributed by atoms with E-state index < -0.39 is 0 Å². The van der Waals surface area contributed by atoms with E-state index >= 15 is 0 Å². The molecule has 0 aromatic heterocycles. The molecule has 1 saturated carbocycles. The molecule has 0 aliphatic heterocycles. The molecule has 1 nitrogen and oxygen atoms in total. The van der Waals surface area contributed by atoms with Gasteiger partial charge >= 0.3 is 0 Å². The maximum Gasteiger partial charge on any atom is 0.0540 e. The van der Waals surface area contributed by atoms with Crippen LogP contribution in [0, 0.1) is 0 Å². The minimum absolute atomic E-state index is 0.569. The number of hydrogen-bond donors (Lipinski definition) is 0. The van der Waals surface area contributed by atoms with Crippen LogP contribution in [0.3, 0.4) is 0 Å². The van der Waals surface area contributed by atoms with Gasteiger partial charge in [-0.1, -0.05) is 130 Å². The van der Waals surface area contributed by atoms with E-state index in [9.17, 15) is 0 Å². The highest BCUT2D eigenvalue weighted by Crippen LogP contribution is 2.58. The lowest BCUT2D eigenvalue weighted by atomic mass is 9.76. The van der Waals surface area contributed by atoms with Crippen LogP contribution in [-0.2, 0) is 0 Å². The Morgan fingerprint density at radius 1 is 0.733 bits per heavy atom. The molecule has 0 radical (unpaired) electrons. The molecule has 2 aliphatic carbocycles. The molecule has 0 N–H and O–H groups in total. The number of fused-ring (bicyclic) bond motifs is 4. The Morgan fingerprint density at radius 2 is 1.42 bits per heavy atom. The van der Waals surface area contributed by atoms with E-state index in [0.29, 0.717) is 5.92 Å². The summed E-state index contributed by atoms with van der Waals surface area (Å²) in [6.45, 7) is 15.5. The minimum atomic E-state index is 0.569. The first-order valence-electron chi connectivity index (χ1n) is 16.7. The summed E-state index contributed by atoms with van der Waals surface area (Å²) >= 11 is 0. The molecule has 0 spiro atoms. The van der Waals surface area contributed by atoms with Crippen molar-refractivity contribution >= 4 is 27.2 Å². The Kier molecular flexibility index (Phi) is 7.80. The second-order valence-electron chi connectivity index (χ2n) is 12.8. The van der Waals surface area contributed by atoms with E-state index in [2.05, 4.69) is 135 Å². The van der Waals surface area contributed by atoms with Crippen molar-refractivity contribution in [3.05, 3.63) is 139 Å². The zero-order valence-corrected chi connectivity index (χ0v) is 27.0. The van der Waals surface area contributed by atoms with Gasteiger partial charge in [0, 0.05) is 16.8 Å². The highest BCUT2D eigenvalue weighted by Gasteiger charge is 2.33. The summed E-state index contributed by atoms with van der Waals surface area (Å²) in [5.74, 6) is 0.569. The van der Waals surface area contributed by atoms with Gasteiger partial charge in [-0.05, 0) is 112 Å². The average molecular weight is 586 g/mol. The Balaban J connectivity index is 1.58. The highest BCUT2D eigenvalue weighted by molar-refractivity contribution is 6.25. The second kappa shape index (κ2) is 12.1. The molecule has 0 saturated heterocycles. The summed E-state index contributed by atoms with van der Waals surface area (Å²) in [6, 6.07) is 31.8. The van der Waals surface area contributed by atoms with Gasteiger partial charge in [-0.25, -0.2) is 0 Å². The summed E-state index contributed by atoms with van der Waals surface area (Å²) in [7, 11) is 0. The van der Waals surface area contributed by atoms with Crippen molar-refractivity contribution in [1.82, 2.24) is 0 Å². The van der Waals surface area contributed by atoms with Gasteiger partial charge in [0.2, 0.25) is 0 Å². The van der Waals surface area contributed by atoms with Gasteiger partial charge < -0.3 is 4.90 Å². The lowest BCUT2D eigenvalue weighted by Gasteiger charge is -2.29. The Labute approximate surface area is 268 Å². The van der Waals surface area contributed by atoms with Crippen LogP contribution in [0.25, 0.3) is 54.9 Å². The molecule has 0 amide bonds. The third kappa shape index (κ3) is 4.86. The lowest BCUT2D eigenvalue weighted by Crippen LogP contribution is -2.19. The fraction of sp³-hybridized carbons (Fsp3) is 0.227. The van der Waals surface area contributed by atoms with Crippen molar-refractivity contribution in [2.24, 2.45) is 0 Å². The van der Waals surface area contributed by atoms with Gasteiger partial charge in [0.15, 0.2) is 0 Å². The monoisotopic (exact) mass is 585 g/mol. The fourth-order valence-electron chi connectivity index (χ4n) is 7.95. The van der Waals surface area contributed by atoms with Crippen LogP contribution < -0.4 is 4.90 Å². The van der Waals surface area contributed by atoms with Gasteiger partial charge in [0.1, 0.15) is 0 Å². The zero-order valence-electron chi connectivity index (χ0n) is 27.0. The van der Waals surface area contributed by atoms with Crippen molar-refractivity contribution in [2.45, 2.75) is 65.2 Å². The van der Waals surface area contributed by atoms with Crippen LogP contribution in [0.2, 0.25) is 0 Å². The quantitative estimate of drug-likeness (QED) is 0.161. The van der Waals surface area contributed by atoms with Crippen molar-refractivity contribution in [3.8, 4) is 33.4 Å². The molecular weight excluding hydrogens is 542 g/mol. The van der Waals surface area contributed by atoms with Gasteiger partial charge in [-0.3, -0.25) is 0 Å². The molecule has 1 fully saturated rings. The van der Waals surface area contributed by atoms with Crippen molar-refractivity contribution < 1.29 is 0 Å². The summed E-state index contributed by atoms with van der Waals surface area (Å²) in [6.07, 6.45) is 13.8. The summed E-state index contributed by atoms with van der Waals surface area (Å²) < 4.78 is 0. The van der Waals surface area contributed by atoms with E-state index in [1.54, 1.807) is 5.56 Å². The van der Waals surface area contributed by atoms with E-state index in [0.717, 1.165) is 23.5 Å². The van der Waals surface area contributed by atoms with Gasteiger partial charge in [-0.15, -0.1) is 0 Å².